The van der Waals surface area contributed by atoms with E-state index >= 15 is 0 Å². The number of likely N-dealkylation sites (tertiary alicyclic amines) is 2. The zero-order chi connectivity index (χ0) is 18.6. The lowest BCUT2D eigenvalue weighted by Crippen LogP contribution is -2.46. The van der Waals surface area contributed by atoms with Crippen LogP contribution in [0.25, 0.3) is 0 Å². The molecule has 0 radical (unpaired) electrons. The first kappa shape index (κ1) is 23.2. The number of hydrogen-bond acceptors (Lipinski definition) is 4. The van der Waals surface area contributed by atoms with Crippen molar-refractivity contribution in [2.75, 3.05) is 59.1 Å². The Hall–Kier alpha value is -0.130. The van der Waals surface area contributed by atoms with Gasteiger partial charge in [0.2, 0.25) is 10.0 Å². The van der Waals surface area contributed by atoms with Crippen LogP contribution in [0.4, 0.5) is 0 Å². The second kappa shape index (κ2) is 10.6. The molecule has 3 fully saturated rings. The maximum Gasteiger partial charge on any atom is 0.211 e. The molecule has 1 atom stereocenters. The van der Waals surface area contributed by atoms with Crippen molar-refractivity contribution in [3.63, 3.8) is 0 Å². The number of hydrogen-bond donors (Lipinski definition) is 1. The van der Waals surface area contributed by atoms with Crippen molar-refractivity contribution < 1.29 is 8.42 Å². The molecule has 3 aliphatic rings. The first-order valence-electron chi connectivity index (χ1n) is 10.1. The summed E-state index contributed by atoms with van der Waals surface area (Å²) in [6.07, 6.45) is 8.45. The van der Waals surface area contributed by atoms with Crippen LogP contribution in [0.1, 0.15) is 38.5 Å². The van der Waals surface area contributed by atoms with Crippen molar-refractivity contribution in [3.05, 3.63) is 0 Å². The van der Waals surface area contributed by atoms with E-state index in [2.05, 4.69) is 20.1 Å². The van der Waals surface area contributed by atoms with Crippen LogP contribution in [-0.2, 0) is 10.0 Å². The molecule has 1 unspecified atom stereocenters. The molecule has 0 saturated carbocycles. The largest absolute Gasteiger partial charge is 0.356 e. The van der Waals surface area contributed by atoms with Crippen LogP contribution < -0.4 is 5.32 Å². The topological polar surface area (TPSA) is 68.2 Å². The van der Waals surface area contributed by atoms with Gasteiger partial charge in [0.15, 0.2) is 5.96 Å². The Morgan fingerprint density at radius 3 is 2.30 bits per heavy atom. The standard InChI is InChI=1S/C18H35N5O2S.HI/c1-19-18(20-14-16-6-12-23(13-7-16)26(2,24)25)22-11-8-17(15-22)21-9-4-3-5-10-21;/h16-17H,3-15H2,1-2H3,(H,19,20);1H. The van der Waals surface area contributed by atoms with Gasteiger partial charge in [0.05, 0.1) is 6.26 Å². The second-order valence-corrected chi connectivity index (χ2v) is 10.0. The SMILES string of the molecule is CN=C(NCC1CCN(S(C)(=O)=O)CC1)N1CCC(N2CCCCC2)C1.I. The highest BCUT2D eigenvalue weighted by Gasteiger charge is 2.30. The number of nitrogens with one attached hydrogen (secondary N) is 1. The quantitative estimate of drug-likeness (QED) is 0.350. The van der Waals surface area contributed by atoms with Crippen molar-refractivity contribution in [2.24, 2.45) is 10.9 Å². The van der Waals surface area contributed by atoms with Gasteiger partial charge in [0.1, 0.15) is 0 Å². The molecule has 9 heteroatoms. The number of guanidine groups is 1. The zero-order valence-corrected chi connectivity index (χ0v) is 19.9. The van der Waals surface area contributed by atoms with E-state index in [1.165, 1.54) is 45.0 Å². The maximum atomic E-state index is 11.6. The molecule has 0 spiro atoms. The summed E-state index contributed by atoms with van der Waals surface area (Å²) < 4.78 is 24.8. The van der Waals surface area contributed by atoms with E-state index in [0.29, 0.717) is 25.0 Å². The Balaban J connectivity index is 0.00000261. The van der Waals surface area contributed by atoms with Gasteiger partial charge in [-0.05, 0) is 51.1 Å². The molecule has 1 N–H and O–H groups in total. The predicted octanol–water partition coefficient (Wildman–Crippen LogP) is 1.41. The fraction of sp³-hybridized carbons (Fsp3) is 0.944. The fourth-order valence-corrected chi connectivity index (χ4v) is 5.40. The van der Waals surface area contributed by atoms with Gasteiger partial charge in [0, 0.05) is 45.8 Å². The molecule has 0 aromatic rings. The lowest BCUT2D eigenvalue weighted by atomic mass is 9.98. The molecule has 7 nitrogen and oxygen atoms in total. The minimum absolute atomic E-state index is 0. The summed E-state index contributed by atoms with van der Waals surface area (Å²) >= 11 is 0. The van der Waals surface area contributed by atoms with Gasteiger partial charge in [-0.2, -0.15) is 0 Å². The molecule has 0 bridgehead atoms. The summed E-state index contributed by atoms with van der Waals surface area (Å²) in [4.78, 5) is 9.55. The van der Waals surface area contributed by atoms with E-state index in [4.69, 9.17) is 0 Å². The van der Waals surface area contributed by atoms with Crippen LogP contribution in [-0.4, -0.2) is 93.6 Å². The van der Waals surface area contributed by atoms with E-state index in [1.54, 1.807) is 4.31 Å². The molecule has 0 aromatic carbocycles. The van der Waals surface area contributed by atoms with E-state index in [1.807, 2.05) is 7.05 Å². The van der Waals surface area contributed by atoms with Crippen LogP contribution >= 0.6 is 24.0 Å². The highest BCUT2D eigenvalue weighted by molar-refractivity contribution is 14.0. The Bertz CT molecular complexity index is 587. The fourth-order valence-electron chi connectivity index (χ4n) is 4.53. The first-order valence-corrected chi connectivity index (χ1v) is 12.0. The molecule has 3 rings (SSSR count). The van der Waals surface area contributed by atoms with E-state index in [-0.39, 0.29) is 24.0 Å². The van der Waals surface area contributed by atoms with Gasteiger partial charge in [-0.15, -0.1) is 24.0 Å². The molecule has 3 heterocycles. The molecule has 158 valence electrons. The molecular formula is C18H36IN5O2S. The van der Waals surface area contributed by atoms with Gasteiger partial charge in [-0.3, -0.25) is 9.89 Å². The van der Waals surface area contributed by atoms with E-state index < -0.39 is 10.0 Å². The molecular weight excluding hydrogens is 477 g/mol. The predicted molar refractivity (Wildman–Crippen MR) is 121 cm³/mol. The summed E-state index contributed by atoms with van der Waals surface area (Å²) in [6.45, 7) is 6.83. The second-order valence-electron chi connectivity index (χ2n) is 8.02. The number of aliphatic imine (C=N–C) groups is 1. The average Bonchev–Trinajstić information content (AvgIpc) is 3.13. The van der Waals surface area contributed by atoms with Gasteiger partial charge in [-0.25, -0.2) is 12.7 Å². The summed E-state index contributed by atoms with van der Waals surface area (Å²) in [6, 6.07) is 0.673. The van der Waals surface area contributed by atoms with E-state index in [0.717, 1.165) is 38.4 Å². The lowest BCUT2D eigenvalue weighted by Gasteiger charge is -2.33. The monoisotopic (exact) mass is 513 g/mol. The van der Waals surface area contributed by atoms with Crippen LogP contribution in [0.2, 0.25) is 0 Å². The smallest absolute Gasteiger partial charge is 0.211 e. The Kier molecular flexibility index (Phi) is 9.08. The maximum absolute atomic E-state index is 11.6. The molecule has 27 heavy (non-hydrogen) atoms. The number of rotatable bonds is 4. The van der Waals surface area contributed by atoms with Gasteiger partial charge < -0.3 is 10.2 Å². The number of piperidine rings is 2. The van der Waals surface area contributed by atoms with Crippen molar-refractivity contribution in [1.29, 1.82) is 0 Å². The van der Waals surface area contributed by atoms with Crippen LogP contribution in [0.15, 0.2) is 4.99 Å². The number of halogens is 1. The van der Waals surface area contributed by atoms with Gasteiger partial charge in [0.25, 0.3) is 0 Å². The van der Waals surface area contributed by atoms with Gasteiger partial charge >= 0.3 is 0 Å². The third-order valence-electron chi connectivity index (χ3n) is 6.17. The summed E-state index contributed by atoms with van der Waals surface area (Å²) in [7, 11) is -1.18. The molecule has 0 aromatic heterocycles. The minimum atomic E-state index is -3.04. The summed E-state index contributed by atoms with van der Waals surface area (Å²) in [5.41, 5.74) is 0. The normalized spacial score (nSPS) is 26.8. The summed E-state index contributed by atoms with van der Waals surface area (Å²) in [5.74, 6) is 1.53. The number of sulfonamides is 1. The molecule has 0 amide bonds. The molecule has 3 saturated heterocycles. The van der Waals surface area contributed by atoms with Crippen molar-refractivity contribution >= 4 is 40.0 Å². The molecule has 0 aliphatic carbocycles. The van der Waals surface area contributed by atoms with Gasteiger partial charge in [-0.1, -0.05) is 6.42 Å². The third-order valence-corrected chi connectivity index (χ3v) is 7.48. The van der Waals surface area contributed by atoms with Crippen molar-refractivity contribution in [3.8, 4) is 0 Å². The highest BCUT2D eigenvalue weighted by Crippen LogP contribution is 2.21. The first-order chi connectivity index (χ1) is 12.5. The third kappa shape index (κ3) is 6.43. The Labute approximate surface area is 182 Å². The Morgan fingerprint density at radius 2 is 1.70 bits per heavy atom. The number of nitrogens with zero attached hydrogens (tertiary/aromatic N) is 4. The van der Waals surface area contributed by atoms with E-state index in [9.17, 15) is 8.42 Å². The molecule has 3 aliphatic heterocycles. The minimum Gasteiger partial charge on any atom is -0.356 e. The van der Waals surface area contributed by atoms with Crippen LogP contribution in [0.3, 0.4) is 0 Å². The van der Waals surface area contributed by atoms with Crippen LogP contribution in [0.5, 0.6) is 0 Å². The van der Waals surface area contributed by atoms with Crippen LogP contribution in [0, 0.1) is 5.92 Å². The lowest BCUT2D eigenvalue weighted by molar-refractivity contribution is 0.168. The van der Waals surface area contributed by atoms with Crippen molar-refractivity contribution in [2.45, 2.75) is 44.6 Å². The highest BCUT2D eigenvalue weighted by atomic mass is 127. The van der Waals surface area contributed by atoms with Crippen molar-refractivity contribution in [1.82, 2.24) is 19.4 Å². The average molecular weight is 513 g/mol. The zero-order valence-electron chi connectivity index (χ0n) is 16.8. The summed E-state index contributed by atoms with van der Waals surface area (Å²) in [5, 5.41) is 3.55. The Morgan fingerprint density at radius 1 is 1.04 bits per heavy atom.